The van der Waals surface area contributed by atoms with Crippen LogP contribution in [-0.4, -0.2) is 37.1 Å². The predicted octanol–water partition coefficient (Wildman–Crippen LogP) is 2.90. The van der Waals surface area contributed by atoms with Crippen LogP contribution in [0.5, 0.6) is 0 Å². The molecule has 5 nitrogen and oxygen atoms in total. The number of pyridine rings is 1. The summed E-state index contributed by atoms with van der Waals surface area (Å²) in [7, 11) is -1.90. The highest BCUT2D eigenvalue weighted by Crippen LogP contribution is 2.22. The van der Waals surface area contributed by atoms with Gasteiger partial charge in [0.2, 0.25) is 10.0 Å². The first-order chi connectivity index (χ1) is 10.8. The molecule has 1 aromatic heterocycles. The summed E-state index contributed by atoms with van der Waals surface area (Å²) < 4.78 is 25.8. The van der Waals surface area contributed by atoms with Crippen molar-refractivity contribution in [3.05, 3.63) is 47.7 Å². The standard InChI is InChI=1S/C17H20N2O3S/c1-5-19(4)23(21,22)15-8-6-14(7-9-15)17-11-10-16(13(3)20)12(2)18-17/h6-11H,5H2,1-4H3. The van der Waals surface area contributed by atoms with E-state index in [4.69, 9.17) is 0 Å². The first-order valence-corrected chi connectivity index (χ1v) is 8.76. The van der Waals surface area contributed by atoms with Crippen molar-refractivity contribution in [1.82, 2.24) is 9.29 Å². The Labute approximate surface area is 137 Å². The van der Waals surface area contributed by atoms with E-state index in [-0.39, 0.29) is 10.7 Å². The van der Waals surface area contributed by atoms with Gasteiger partial charge in [-0.15, -0.1) is 0 Å². The van der Waals surface area contributed by atoms with Crippen molar-refractivity contribution >= 4 is 15.8 Å². The van der Waals surface area contributed by atoms with E-state index < -0.39 is 10.0 Å². The Morgan fingerprint density at radius 2 is 1.74 bits per heavy atom. The number of carbonyl (C=O) groups excluding carboxylic acids is 1. The number of carbonyl (C=O) groups is 1. The van der Waals surface area contributed by atoms with Gasteiger partial charge in [-0.05, 0) is 38.1 Å². The smallest absolute Gasteiger partial charge is 0.242 e. The van der Waals surface area contributed by atoms with Gasteiger partial charge in [-0.2, -0.15) is 0 Å². The molecular formula is C17H20N2O3S. The molecule has 23 heavy (non-hydrogen) atoms. The van der Waals surface area contributed by atoms with Crippen LogP contribution in [0.4, 0.5) is 0 Å². The summed E-state index contributed by atoms with van der Waals surface area (Å²) in [4.78, 5) is 16.1. The zero-order valence-corrected chi connectivity index (χ0v) is 14.5. The fraction of sp³-hybridized carbons (Fsp3) is 0.294. The van der Waals surface area contributed by atoms with Crippen molar-refractivity contribution in [2.24, 2.45) is 0 Å². The maximum Gasteiger partial charge on any atom is 0.242 e. The van der Waals surface area contributed by atoms with Crippen molar-refractivity contribution in [3.8, 4) is 11.3 Å². The Morgan fingerprint density at radius 1 is 1.13 bits per heavy atom. The lowest BCUT2D eigenvalue weighted by Gasteiger charge is -2.15. The molecule has 0 N–H and O–H groups in total. The second-order valence-corrected chi connectivity index (χ2v) is 7.37. The van der Waals surface area contributed by atoms with Crippen LogP contribution >= 0.6 is 0 Å². The lowest BCUT2D eigenvalue weighted by atomic mass is 10.1. The summed E-state index contributed by atoms with van der Waals surface area (Å²) in [6.07, 6.45) is 0. The molecule has 1 heterocycles. The zero-order valence-electron chi connectivity index (χ0n) is 13.7. The van der Waals surface area contributed by atoms with Gasteiger partial charge in [0, 0.05) is 30.4 Å². The highest BCUT2D eigenvalue weighted by molar-refractivity contribution is 7.89. The van der Waals surface area contributed by atoms with Crippen molar-refractivity contribution in [2.75, 3.05) is 13.6 Å². The van der Waals surface area contributed by atoms with Crippen LogP contribution < -0.4 is 0 Å². The van der Waals surface area contributed by atoms with E-state index in [0.29, 0.717) is 23.5 Å². The second-order valence-electron chi connectivity index (χ2n) is 5.33. The SMILES string of the molecule is CCN(C)S(=O)(=O)c1ccc(-c2ccc(C(C)=O)c(C)n2)cc1. The number of ketones is 1. The molecule has 0 saturated heterocycles. The molecule has 0 atom stereocenters. The van der Waals surface area contributed by atoms with E-state index in [1.165, 1.54) is 11.2 Å². The van der Waals surface area contributed by atoms with E-state index >= 15 is 0 Å². The molecule has 0 aliphatic carbocycles. The molecule has 0 saturated carbocycles. The number of aryl methyl sites for hydroxylation is 1. The van der Waals surface area contributed by atoms with E-state index in [1.54, 1.807) is 57.3 Å². The summed E-state index contributed by atoms with van der Waals surface area (Å²) in [6, 6.07) is 10.1. The van der Waals surface area contributed by atoms with Gasteiger partial charge in [-0.3, -0.25) is 9.78 Å². The van der Waals surface area contributed by atoms with Crippen LogP contribution in [0.25, 0.3) is 11.3 Å². The van der Waals surface area contributed by atoms with Crippen LogP contribution in [0.15, 0.2) is 41.3 Å². The first kappa shape index (κ1) is 17.3. The Bertz CT molecular complexity index is 827. The van der Waals surface area contributed by atoms with Crippen LogP contribution in [-0.2, 0) is 10.0 Å². The number of hydrogen-bond acceptors (Lipinski definition) is 4. The maximum atomic E-state index is 12.3. The molecule has 1 aromatic carbocycles. The number of sulfonamides is 1. The van der Waals surface area contributed by atoms with Crippen molar-refractivity contribution in [1.29, 1.82) is 0 Å². The number of nitrogens with zero attached hydrogens (tertiary/aromatic N) is 2. The summed E-state index contributed by atoms with van der Waals surface area (Å²) in [5.41, 5.74) is 2.77. The quantitative estimate of drug-likeness (QED) is 0.790. The predicted molar refractivity (Wildman–Crippen MR) is 89.9 cm³/mol. The van der Waals surface area contributed by atoms with Gasteiger partial charge in [-0.25, -0.2) is 12.7 Å². The summed E-state index contributed by atoms with van der Waals surface area (Å²) in [5.74, 6) is -0.0226. The van der Waals surface area contributed by atoms with E-state index in [9.17, 15) is 13.2 Å². The van der Waals surface area contributed by atoms with Gasteiger partial charge in [0.25, 0.3) is 0 Å². The van der Waals surface area contributed by atoms with Gasteiger partial charge in [0.1, 0.15) is 0 Å². The van der Waals surface area contributed by atoms with Gasteiger partial charge >= 0.3 is 0 Å². The monoisotopic (exact) mass is 332 g/mol. The Balaban J connectivity index is 2.37. The number of benzene rings is 1. The highest BCUT2D eigenvalue weighted by Gasteiger charge is 2.19. The average molecular weight is 332 g/mol. The third kappa shape index (κ3) is 3.48. The molecule has 0 amide bonds. The lowest BCUT2D eigenvalue weighted by Crippen LogP contribution is -2.26. The summed E-state index contributed by atoms with van der Waals surface area (Å²) in [6.45, 7) is 5.50. The molecule has 0 radical (unpaired) electrons. The minimum atomic E-state index is -3.45. The second kappa shape index (κ2) is 6.60. The van der Waals surface area contributed by atoms with Gasteiger partial charge < -0.3 is 0 Å². The van der Waals surface area contributed by atoms with Gasteiger partial charge in [-0.1, -0.05) is 19.1 Å². The number of aromatic nitrogens is 1. The molecule has 0 unspecified atom stereocenters. The molecule has 0 aliphatic rings. The number of Topliss-reactive ketones (excluding diaryl/α,β-unsaturated/α-hetero) is 1. The van der Waals surface area contributed by atoms with Crippen LogP contribution in [0, 0.1) is 6.92 Å². The van der Waals surface area contributed by atoms with Crippen molar-refractivity contribution in [2.45, 2.75) is 25.7 Å². The molecule has 0 bridgehead atoms. The molecule has 6 heteroatoms. The van der Waals surface area contributed by atoms with E-state index in [2.05, 4.69) is 4.98 Å². The summed E-state index contributed by atoms with van der Waals surface area (Å²) >= 11 is 0. The molecular weight excluding hydrogens is 312 g/mol. The van der Waals surface area contributed by atoms with Crippen LogP contribution in [0.3, 0.4) is 0 Å². The topological polar surface area (TPSA) is 67.3 Å². The van der Waals surface area contributed by atoms with Crippen LogP contribution in [0.2, 0.25) is 0 Å². The summed E-state index contributed by atoms with van der Waals surface area (Å²) in [5, 5.41) is 0. The largest absolute Gasteiger partial charge is 0.294 e. The Kier molecular flexibility index (Phi) is 4.97. The van der Waals surface area contributed by atoms with Crippen molar-refractivity contribution < 1.29 is 13.2 Å². The molecule has 2 aromatic rings. The molecule has 0 spiro atoms. The van der Waals surface area contributed by atoms with Crippen molar-refractivity contribution in [3.63, 3.8) is 0 Å². The normalized spacial score (nSPS) is 11.7. The minimum absolute atomic E-state index is 0.0226. The molecule has 2 rings (SSSR count). The fourth-order valence-electron chi connectivity index (χ4n) is 2.24. The van der Waals surface area contributed by atoms with Crippen LogP contribution in [0.1, 0.15) is 29.9 Å². The third-order valence-electron chi connectivity index (χ3n) is 3.77. The first-order valence-electron chi connectivity index (χ1n) is 7.32. The van der Waals surface area contributed by atoms with Gasteiger partial charge in [0.15, 0.2) is 5.78 Å². The number of hydrogen-bond donors (Lipinski definition) is 0. The van der Waals surface area contributed by atoms with E-state index in [0.717, 1.165) is 5.56 Å². The average Bonchev–Trinajstić information content (AvgIpc) is 2.53. The fourth-order valence-corrected chi connectivity index (χ4v) is 3.42. The Hall–Kier alpha value is -2.05. The Morgan fingerprint density at radius 3 is 2.22 bits per heavy atom. The maximum absolute atomic E-state index is 12.3. The number of rotatable bonds is 5. The molecule has 0 aliphatic heterocycles. The van der Waals surface area contributed by atoms with Gasteiger partial charge in [0.05, 0.1) is 10.6 Å². The highest BCUT2D eigenvalue weighted by atomic mass is 32.2. The molecule has 0 fully saturated rings. The lowest BCUT2D eigenvalue weighted by molar-refractivity contribution is 0.101. The zero-order chi connectivity index (χ0) is 17.2. The molecule has 122 valence electrons. The minimum Gasteiger partial charge on any atom is -0.294 e. The third-order valence-corrected chi connectivity index (χ3v) is 5.72. The van der Waals surface area contributed by atoms with E-state index in [1.807, 2.05) is 0 Å².